The lowest BCUT2D eigenvalue weighted by atomic mass is 10.0. The summed E-state index contributed by atoms with van der Waals surface area (Å²) < 4.78 is 90.5. The van der Waals surface area contributed by atoms with Crippen LogP contribution in [-0.4, -0.2) is 65.4 Å². The van der Waals surface area contributed by atoms with Crippen LogP contribution in [0.15, 0.2) is 60.7 Å². The van der Waals surface area contributed by atoms with Gasteiger partial charge < -0.3 is 29.9 Å². The van der Waals surface area contributed by atoms with Gasteiger partial charge in [-0.15, -0.1) is 0 Å². The molecule has 4 rings (SSSR count). The molecule has 1 saturated heterocycles. The predicted molar refractivity (Wildman–Crippen MR) is 157 cm³/mol. The third-order valence-corrected chi connectivity index (χ3v) is 7.21. The average Bonchev–Trinajstić information content (AvgIpc) is 3.02. The zero-order chi connectivity index (χ0) is 32.8. The highest BCUT2D eigenvalue weighted by atomic mass is 19.4. The first-order valence-corrected chi connectivity index (χ1v) is 14.0. The molecule has 2 amide bonds. The third-order valence-electron chi connectivity index (χ3n) is 7.21. The van der Waals surface area contributed by atoms with Crippen molar-refractivity contribution in [2.24, 2.45) is 0 Å². The first kappa shape index (κ1) is 33.4. The number of amides is 2. The van der Waals surface area contributed by atoms with Crippen LogP contribution in [0.2, 0.25) is 0 Å². The lowest BCUT2D eigenvalue weighted by molar-refractivity contribution is -0.143. The summed E-state index contributed by atoms with van der Waals surface area (Å²) in [6, 6.07) is 12.6. The van der Waals surface area contributed by atoms with Crippen LogP contribution in [0.4, 0.5) is 43.4 Å². The molecule has 1 fully saturated rings. The Morgan fingerprint density at radius 3 is 1.96 bits per heavy atom. The number of hydrogen-bond acceptors (Lipinski definition) is 6. The number of halogens is 6. The highest BCUT2D eigenvalue weighted by molar-refractivity contribution is 6.06. The van der Waals surface area contributed by atoms with Gasteiger partial charge in [0.2, 0.25) is 0 Å². The van der Waals surface area contributed by atoms with Crippen molar-refractivity contribution in [2.45, 2.75) is 18.8 Å². The Bertz CT molecular complexity index is 1470. The van der Waals surface area contributed by atoms with Gasteiger partial charge >= 0.3 is 12.4 Å². The molecule has 1 aliphatic heterocycles. The summed E-state index contributed by atoms with van der Waals surface area (Å²) in [6.45, 7) is 2.95. The summed E-state index contributed by atoms with van der Waals surface area (Å²) in [5, 5.41) is 5.13. The number of nitrogens with one attached hydrogen (secondary N) is 2. The Morgan fingerprint density at radius 1 is 0.778 bits per heavy atom. The fourth-order valence-corrected chi connectivity index (χ4v) is 4.95. The number of methoxy groups -OCH3 is 2. The minimum absolute atomic E-state index is 0.0180. The van der Waals surface area contributed by atoms with Crippen LogP contribution in [-0.2, 0) is 17.1 Å². The molecule has 1 aliphatic rings. The van der Waals surface area contributed by atoms with Crippen molar-refractivity contribution in [1.82, 2.24) is 5.32 Å². The number of carbonyl (C=O) groups is 2. The Morgan fingerprint density at radius 2 is 1.38 bits per heavy atom. The maximum absolute atomic E-state index is 13.3. The lowest BCUT2D eigenvalue weighted by Gasteiger charge is -2.38. The molecule has 1 heterocycles. The fourth-order valence-electron chi connectivity index (χ4n) is 4.95. The van der Waals surface area contributed by atoms with Gasteiger partial charge in [-0.2, -0.15) is 26.3 Å². The molecule has 8 nitrogen and oxygen atoms in total. The number of benzene rings is 3. The third kappa shape index (κ3) is 8.38. The molecular formula is C31H32F6N4O4. The van der Waals surface area contributed by atoms with Gasteiger partial charge in [-0.1, -0.05) is 12.1 Å². The molecule has 0 bridgehead atoms. The first-order chi connectivity index (χ1) is 21.3. The van der Waals surface area contributed by atoms with Crippen molar-refractivity contribution in [3.8, 4) is 5.75 Å². The van der Waals surface area contributed by atoms with E-state index in [0.29, 0.717) is 57.0 Å². The molecule has 45 heavy (non-hydrogen) atoms. The highest BCUT2D eigenvalue weighted by Crippen LogP contribution is 2.37. The van der Waals surface area contributed by atoms with Crippen molar-refractivity contribution >= 4 is 28.9 Å². The van der Waals surface area contributed by atoms with E-state index in [9.17, 15) is 35.9 Å². The summed E-state index contributed by atoms with van der Waals surface area (Å²) in [5.74, 6) is -0.940. The Hall–Kier alpha value is -4.46. The standard InChI is InChI=1S/C31H32F6N4O4/c1-44-15-5-10-38-29(43)24-19-23(39-28(42)20-16-21(30(32,33)34)18-22(17-20)31(35,36)37)8-9-25(24)40-11-13-41(14-12-40)26-6-3-4-7-27(26)45-2/h3-4,6-9,16-19H,5,10-15H2,1-2H3,(H,38,43)(H,39,42). The first-order valence-electron chi connectivity index (χ1n) is 14.0. The molecule has 2 N–H and O–H groups in total. The van der Waals surface area contributed by atoms with E-state index in [0.717, 1.165) is 11.4 Å². The summed E-state index contributed by atoms with van der Waals surface area (Å²) in [5.41, 5.74) is -2.38. The van der Waals surface area contributed by atoms with Crippen molar-refractivity contribution < 1.29 is 45.4 Å². The maximum Gasteiger partial charge on any atom is 0.416 e. The number of alkyl halides is 6. The summed E-state index contributed by atoms with van der Waals surface area (Å²) in [4.78, 5) is 30.4. The van der Waals surface area contributed by atoms with Crippen LogP contribution >= 0.6 is 0 Å². The molecule has 0 saturated carbocycles. The highest BCUT2D eigenvalue weighted by Gasteiger charge is 2.37. The second-order valence-electron chi connectivity index (χ2n) is 10.2. The van der Waals surface area contributed by atoms with E-state index in [-0.39, 0.29) is 23.9 Å². The number of piperazine rings is 1. The number of hydrogen-bond donors (Lipinski definition) is 2. The van der Waals surface area contributed by atoms with Crippen molar-refractivity contribution in [1.29, 1.82) is 0 Å². The zero-order valence-corrected chi connectivity index (χ0v) is 24.5. The van der Waals surface area contributed by atoms with Gasteiger partial charge in [0, 0.05) is 63.4 Å². The Labute approximate surface area is 255 Å². The molecule has 0 atom stereocenters. The van der Waals surface area contributed by atoms with Crippen LogP contribution < -0.4 is 25.2 Å². The van der Waals surface area contributed by atoms with Crippen LogP contribution in [0.5, 0.6) is 5.75 Å². The van der Waals surface area contributed by atoms with E-state index in [1.165, 1.54) is 19.2 Å². The van der Waals surface area contributed by atoms with Gasteiger partial charge in [-0.25, -0.2) is 0 Å². The van der Waals surface area contributed by atoms with Crippen LogP contribution in [0.3, 0.4) is 0 Å². The molecule has 0 aliphatic carbocycles. The van der Waals surface area contributed by atoms with E-state index in [1.807, 2.05) is 29.2 Å². The minimum Gasteiger partial charge on any atom is -0.495 e. The van der Waals surface area contributed by atoms with Gasteiger partial charge in [0.25, 0.3) is 11.8 Å². The van der Waals surface area contributed by atoms with Crippen molar-refractivity contribution in [2.75, 3.05) is 68.7 Å². The van der Waals surface area contributed by atoms with Gasteiger partial charge in [0.1, 0.15) is 5.75 Å². The van der Waals surface area contributed by atoms with Crippen LogP contribution in [0, 0.1) is 0 Å². The van der Waals surface area contributed by atoms with Gasteiger partial charge in [-0.05, 0) is 55.0 Å². The van der Waals surface area contributed by atoms with Crippen molar-refractivity contribution in [3.63, 3.8) is 0 Å². The molecular weight excluding hydrogens is 606 g/mol. The predicted octanol–water partition coefficient (Wildman–Crippen LogP) is 6.08. The van der Waals surface area contributed by atoms with E-state index in [2.05, 4.69) is 15.5 Å². The van der Waals surface area contributed by atoms with E-state index < -0.39 is 40.9 Å². The number of rotatable bonds is 10. The van der Waals surface area contributed by atoms with Gasteiger partial charge in [0.05, 0.1) is 29.5 Å². The normalized spacial score (nSPS) is 13.9. The lowest BCUT2D eigenvalue weighted by Crippen LogP contribution is -2.47. The summed E-state index contributed by atoms with van der Waals surface area (Å²) in [6.07, 6.45) is -9.69. The van der Waals surface area contributed by atoms with Gasteiger partial charge in [-0.3, -0.25) is 9.59 Å². The topological polar surface area (TPSA) is 83.1 Å². The number of para-hydroxylation sites is 2. The quantitative estimate of drug-likeness (QED) is 0.207. The SMILES string of the molecule is COCCCNC(=O)c1cc(NC(=O)c2cc(C(F)(F)F)cc(C(F)(F)F)c2)ccc1N1CCN(c2ccccc2OC)CC1. The molecule has 0 spiro atoms. The number of ether oxygens (including phenoxy) is 2. The summed E-state index contributed by atoms with van der Waals surface area (Å²) >= 11 is 0. The molecule has 3 aromatic carbocycles. The monoisotopic (exact) mass is 638 g/mol. The zero-order valence-electron chi connectivity index (χ0n) is 24.5. The Kier molecular flexibility index (Phi) is 10.5. The molecule has 3 aromatic rings. The Balaban J connectivity index is 1.59. The molecule has 0 aromatic heterocycles. The van der Waals surface area contributed by atoms with E-state index >= 15 is 0 Å². The van der Waals surface area contributed by atoms with E-state index in [1.54, 1.807) is 13.2 Å². The van der Waals surface area contributed by atoms with E-state index in [4.69, 9.17) is 9.47 Å². The maximum atomic E-state index is 13.3. The number of carbonyl (C=O) groups excluding carboxylic acids is 2. The minimum atomic E-state index is -5.11. The second-order valence-corrected chi connectivity index (χ2v) is 10.2. The molecule has 14 heteroatoms. The number of nitrogens with zero attached hydrogens (tertiary/aromatic N) is 2. The molecule has 0 radical (unpaired) electrons. The van der Waals surface area contributed by atoms with Crippen LogP contribution in [0.25, 0.3) is 0 Å². The van der Waals surface area contributed by atoms with Crippen molar-refractivity contribution in [3.05, 3.63) is 82.9 Å². The fraction of sp³-hybridized carbons (Fsp3) is 0.355. The average molecular weight is 639 g/mol. The number of anilines is 3. The molecule has 242 valence electrons. The second kappa shape index (κ2) is 14.1. The summed E-state index contributed by atoms with van der Waals surface area (Å²) in [7, 11) is 3.12. The molecule has 0 unspecified atom stereocenters. The smallest absolute Gasteiger partial charge is 0.416 e. The largest absolute Gasteiger partial charge is 0.495 e. The van der Waals surface area contributed by atoms with Gasteiger partial charge in [0.15, 0.2) is 0 Å². The van der Waals surface area contributed by atoms with Crippen LogP contribution in [0.1, 0.15) is 38.3 Å².